The van der Waals surface area contributed by atoms with Gasteiger partial charge in [0.2, 0.25) is 0 Å². The summed E-state index contributed by atoms with van der Waals surface area (Å²) in [7, 11) is 0. The molecule has 18 heavy (non-hydrogen) atoms. The van der Waals surface area contributed by atoms with E-state index >= 15 is 0 Å². The molecule has 1 aliphatic heterocycles. The molecule has 1 saturated heterocycles. The highest BCUT2D eigenvalue weighted by atomic mass is 32.1. The molecule has 0 radical (unpaired) electrons. The third-order valence-electron chi connectivity index (χ3n) is 4.61. The van der Waals surface area contributed by atoms with Gasteiger partial charge in [0, 0.05) is 24.7 Å². The SMILES string of the molecule is CCNC1CCN(C(C)c2ccsc2)C(C)C1C. The summed E-state index contributed by atoms with van der Waals surface area (Å²) >= 11 is 1.80. The van der Waals surface area contributed by atoms with Gasteiger partial charge in [-0.2, -0.15) is 11.3 Å². The number of likely N-dealkylation sites (tertiary alicyclic amines) is 1. The van der Waals surface area contributed by atoms with Crippen molar-refractivity contribution in [1.29, 1.82) is 0 Å². The lowest BCUT2D eigenvalue weighted by molar-refractivity contribution is 0.0530. The van der Waals surface area contributed by atoms with Crippen molar-refractivity contribution in [1.82, 2.24) is 10.2 Å². The highest BCUT2D eigenvalue weighted by molar-refractivity contribution is 7.07. The standard InChI is InChI=1S/C15H26N2S/c1-5-16-15-6-8-17(12(3)11(15)2)13(4)14-7-9-18-10-14/h7,9-13,15-16H,5-6,8H2,1-4H3. The van der Waals surface area contributed by atoms with E-state index in [4.69, 9.17) is 0 Å². The average molecular weight is 266 g/mol. The molecule has 1 aromatic heterocycles. The van der Waals surface area contributed by atoms with Crippen molar-refractivity contribution in [3.8, 4) is 0 Å². The Labute approximate surface area is 115 Å². The van der Waals surface area contributed by atoms with E-state index in [-0.39, 0.29) is 0 Å². The fourth-order valence-electron chi connectivity index (χ4n) is 3.19. The molecule has 1 aliphatic rings. The summed E-state index contributed by atoms with van der Waals surface area (Å²) in [5, 5.41) is 8.11. The van der Waals surface area contributed by atoms with Crippen LogP contribution in [0.25, 0.3) is 0 Å². The van der Waals surface area contributed by atoms with Crippen molar-refractivity contribution < 1.29 is 0 Å². The van der Waals surface area contributed by atoms with Crippen LogP contribution < -0.4 is 5.32 Å². The van der Waals surface area contributed by atoms with Crippen LogP contribution in [0.2, 0.25) is 0 Å². The Morgan fingerprint density at radius 2 is 2.28 bits per heavy atom. The van der Waals surface area contributed by atoms with Crippen molar-refractivity contribution in [2.24, 2.45) is 5.92 Å². The first-order chi connectivity index (χ1) is 8.65. The molecule has 2 nitrogen and oxygen atoms in total. The zero-order valence-corrected chi connectivity index (χ0v) is 12.8. The number of hydrogen-bond donors (Lipinski definition) is 1. The van der Waals surface area contributed by atoms with Gasteiger partial charge in [-0.25, -0.2) is 0 Å². The van der Waals surface area contributed by atoms with Gasteiger partial charge in [-0.1, -0.05) is 13.8 Å². The second-order valence-electron chi connectivity index (χ2n) is 5.52. The van der Waals surface area contributed by atoms with Crippen LogP contribution in [0.3, 0.4) is 0 Å². The van der Waals surface area contributed by atoms with Crippen LogP contribution in [0.4, 0.5) is 0 Å². The molecular weight excluding hydrogens is 240 g/mol. The molecule has 0 aromatic carbocycles. The highest BCUT2D eigenvalue weighted by Gasteiger charge is 2.34. The van der Waals surface area contributed by atoms with E-state index in [0.717, 1.165) is 12.5 Å². The normalized spacial score (nSPS) is 31.4. The lowest BCUT2D eigenvalue weighted by atomic mass is 9.85. The number of piperidine rings is 1. The van der Waals surface area contributed by atoms with Crippen LogP contribution in [0.5, 0.6) is 0 Å². The fraction of sp³-hybridized carbons (Fsp3) is 0.733. The largest absolute Gasteiger partial charge is 0.314 e. The molecule has 2 rings (SSSR count). The Morgan fingerprint density at radius 3 is 2.89 bits per heavy atom. The third kappa shape index (κ3) is 2.79. The van der Waals surface area contributed by atoms with Crippen molar-refractivity contribution >= 4 is 11.3 Å². The molecule has 1 aromatic rings. The van der Waals surface area contributed by atoms with E-state index < -0.39 is 0 Å². The van der Waals surface area contributed by atoms with Crippen molar-refractivity contribution in [2.75, 3.05) is 13.1 Å². The quantitative estimate of drug-likeness (QED) is 0.897. The average Bonchev–Trinajstić information content (AvgIpc) is 2.88. The molecule has 0 spiro atoms. The summed E-state index contributed by atoms with van der Waals surface area (Å²) in [6, 6.07) is 4.16. The molecule has 3 heteroatoms. The van der Waals surface area contributed by atoms with Crippen molar-refractivity contribution in [3.63, 3.8) is 0 Å². The van der Waals surface area contributed by atoms with E-state index in [1.165, 1.54) is 18.5 Å². The van der Waals surface area contributed by atoms with Gasteiger partial charge in [-0.3, -0.25) is 4.90 Å². The second-order valence-corrected chi connectivity index (χ2v) is 6.30. The summed E-state index contributed by atoms with van der Waals surface area (Å²) in [5.74, 6) is 0.722. The maximum absolute atomic E-state index is 3.63. The van der Waals surface area contributed by atoms with Crippen LogP contribution in [-0.2, 0) is 0 Å². The van der Waals surface area contributed by atoms with E-state index in [1.807, 2.05) is 0 Å². The number of nitrogens with zero attached hydrogens (tertiary/aromatic N) is 1. The van der Waals surface area contributed by atoms with Gasteiger partial charge in [0.25, 0.3) is 0 Å². The Morgan fingerprint density at radius 1 is 1.50 bits per heavy atom. The zero-order valence-electron chi connectivity index (χ0n) is 12.0. The van der Waals surface area contributed by atoms with E-state index in [2.05, 4.69) is 54.7 Å². The summed E-state index contributed by atoms with van der Waals surface area (Å²) < 4.78 is 0. The van der Waals surface area contributed by atoms with Crippen LogP contribution in [-0.4, -0.2) is 30.1 Å². The lowest BCUT2D eigenvalue weighted by Crippen LogP contribution is -2.53. The maximum atomic E-state index is 3.63. The van der Waals surface area contributed by atoms with Gasteiger partial charge in [0.05, 0.1) is 0 Å². The third-order valence-corrected chi connectivity index (χ3v) is 5.31. The van der Waals surface area contributed by atoms with E-state index in [9.17, 15) is 0 Å². The lowest BCUT2D eigenvalue weighted by Gasteiger charge is -2.45. The molecule has 1 N–H and O–H groups in total. The van der Waals surface area contributed by atoms with Crippen molar-refractivity contribution in [2.45, 2.75) is 52.2 Å². The predicted octanol–water partition coefficient (Wildman–Crippen LogP) is 3.52. The topological polar surface area (TPSA) is 15.3 Å². The van der Waals surface area contributed by atoms with Crippen molar-refractivity contribution in [3.05, 3.63) is 22.4 Å². The molecule has 4 atom stereocenters. The molecule has 0 bridgehead atoms. The smallest absolute Gasteiger partial charge is 0.0331 e. The van der Waals surface area contributed by atoms with Gasteiger partial charge in [-0.05, 0) is 55.1 Å². The Kier molecular flexibility index (Phi) is 4.82. The Bertz CT molecular complexity index is 349. The summed E-state index contributed by atoms with van der Waals surface area (Å²) in [6.45, 7) is 11.6. The van der Waals surface area contributed by atoms with Gasteiger partial charge in [0.15, 0.2) is 0 Å². The molecule has 0 amide bonds. The van der Waals surface area contributed by atoms with Gasteiger partial charge in [-0.15, -0.1) is 0 Å². The monoisotopic (exact) mass is 266 g/mol. The molecule has 102 valence electrons. The Hall–Kier alpha value is -0.380. The van der Waals surface area contributed by atoms with Crippen LogP contribution in [0.15, 0.2) is 16.8 Å². The zero-order chi connectivity index (χ0) is 13.1. The first-order valence-electron chi connectivity index (χ1n) is 7.16. The minimum Gasteiger partial charge on any atom is -0.314 e. The first kappa shape index (κ1) is 14.0. The molecule has 0 saturated carbocycles. The summed E-state index contributed by atoms with van der Waals surface area (Å²) in [5.41, 5.74) is 1.47. The van der Waals surface area contributed by atoms with E-state index in [0.29, 0.717) is 18.1 Å². The first-order valence-corrected chi connectivity index (χ1v) is 8.10. The minimum atomic E-state index is 0.552. The molecule has 1 fully saturated rings. The molecule has 0 aliphatic carbocycles. The highest BCUT2D eigenvalue weighted by Crippen LogP contribution is 2.32. The Balaban J connectivity index is 2.03. The molecule has 4 unspecified atom stereocenters. The minimum absolute atomic E-state index is 0.552. The second kappa shape index (κ2) is 6.18. The number of rotatable bonds is 4. The molecular formula is C15H26N2S. The number of hydrogen-bond acceptors (Lipinski definition) is 3. The van der Waals surface area contributed by atoms with Crippen LogP contribution in [0, 0.1) is 5.92 Å². The van der Waals surface area contributed by atoms with Gasteiger partial charge >= 0.3 is 0 Å². The fourth-order valence-corrected chi connectivity index (χ4v) is 3.94. The van der Waals surface area contributed by atoms with Gasteiger partial charge in [0.1, 0.15) is 0 Å². The predicted molar refractivity (Wildman–Crippen MR) is 80.1 cm³/mol. The van der Waals surface area contributed by atoms with Crippen LogP contribution >= 0.6 is 11.3 Å². The van der Waals surface area contributed by atoms with Crippen LogP contribution in [0.1, 0.15) is 45.7 Å². The maximum Gasteiger partial charge on any atom is 0.0331 e. The molecule has 2 heterocycles. The number of nitrogens with one attached hydrogen (secondary N) is 1. The van der Waals surface area contributed by atoms with Gasteiger partial charge < -0.3 is 5.32 Å². The number of thiophene rings is 1. The summed E-state index contributed by atoms with van der Waals surface area (Å²) in [6.07, 6.45) is 1.27. The summed E-state index contributed by atoms with van der Waals surface area (Å²) in [4.78, 5) is 2.67. The van der Waals surface area contributed by atoms with E-state index in [1.54, 1.807) is 11.3 Å².